The van der Waals surface area contributed by atoms with Crippen LogP contribution in [0.15, 0.2) is 36.5 Å². The van der Waals surface area contributed by atoms with E-state index in [4.69, 9.17) is 14.2 Å². The number of esters is 3. The largest absolute Gasteiger partial charge is 0.462 e. The molecule has 0 aliphatic rings. The Morgan fingerprint density at radius 3 is 0.841 bits per heavy atom. The van der Waals surface area contributed by atoms with Crippen molar-refractivity contribution in [2.75, 3.05) is 13.2 Å². The molecule has 0 aromatic carbocycles. The van der Waals surface area contributed by atoms with Crippen LogP contribution in [-0.2, 0) is 28.6 Å². The van der Waals surface area contributed by atoms with Crippen molar-refractivity contribution in [3.05, 3.63) is 36.5 Å². The minimum absolute atomic E-state index is 0.0709. The summed E-state index contributed by atoms with van der Waals surface area (Å²) in [5.41, 5.74) is 0. The summed E-state index contributed by atoms with van der Waals surface area (Å²) >= 11 is 0. The molecule has 0 bridgehead atoms. The summed E-state index contributed by atoms with van der Waals surface area (Å²) in [4.78, 5) is 38.2. The molecule has 404 valence electrons. The fourth-order valence-corrected chi connectivity index (χ4v) is 9.02. The topological polar surface area (TPSA) is 78.9 Å². The molecule has 0 aromatic heterocycles. The smallest absolute Gasteiger partial charge is 0.306 e. The summed E-state index contributed by atoms with van der Waals surface area (Å²) in [6.45, 7) is 6.65. The highest BCUT2D eigenvalue weighted by Gasteiger charge is 2.19. The monoisotopic (exact) mass is 969 g/mol. The molecule has 0 radical (unpaired) electrons. The van der Waals surface area contributed by atoms with Gasteiger partial charge in [0.2, 0.25) is 0 Å². The fraction of sp³-hybridized carbons (Fsp3) is 0.857. The molecule has 0 fully saturated rings. The van der Waals surface area contributed by atoms with Gasteiger partial charge in [-0.05, 0) is 70.6 Å². The Bertz CT molecular complexity index is 1160. The van der Waals surface area contributed by atoms with Crippen LogP contribution in [0.25, 0.3) is 0 Å². The predicted molar refractivity (Wildman–Crippen MR) is 298 cm³/mol. The van der Waals surface area contributed by atoms with Crippen molar-refractivity contribution in [2.24, 2.45) is 0 Å². The van der Waals surface area contributed by atoms with Gasteiger partial charge in [0.25, 0.3) is 0 Å². The van der Waals surface area contributed by atoms with E-state index in [2.05, 4.69) is 57.2 Å². The number of hydrogen-bond donors (Lipinski definition) is 0. The second kappa shape index (κ2) is 58.2. The van der Waals surface area contributed by atoms with Crippen LogP contribution in [0.5, 0.6) is 0 Å². The molecule has 0 aliphatic heterocycles. The standard InChI is InChI=1S/C63H116O6/c1-4-7-10-13-16-19-22-25-27-29-31-33-35-38-41-44-47-50-53-56-62(65)68-59-60(58-67-61(64)55-52-49-46-43-40-37-24-21-18-15-12-9-6-3)69-63(66)57-54-51-48-45-42-39-36-34-32-30-28-26-23-20-17-14-11-8-5-2/h16,19,22,25,30,32,60H,4-15,17-18,20-21,23-24,26-29,31,33-59H2,1-3H3/b19-16-,25-22-,32-30-. The molecule has 6 heteroatoms. The van der Waals surface area contributed by atoms with Crippen molar-refractivity contribution in [1.82, 2.24) is 0 Å². The minimum atomic E-state index is -0.773. The maximum atomic E-state index is 12.9. The second-order valence-electron chi connectivity index (χ2n) is 20.6. The van der Waals surface area contributed by atoms with Crippen molar-refractivity contribution in [3.63, 3.8) is 0 Å². The van der Waals surface area contributed by atoms with Crippen LogP contribution in [0.4, 0.5) is 0 Å². The zero-order valence-electron chi connectivity index (χ0n) is 46.3. The number of hydrogen-bond acceptors (Lipinski definition) is 6. The van der Waals surface area contributed by atoms with Crippen LogP contribution in [0.2, 0.25) is 0 Å². The van der Waals surface area contributed by atoms with Gasteiger partial charge in [-0.3, -0.25) is 14.4 Å². The van der Waals surface area contributed by atoms with Gasteiger partial charge in [0.1, 0.15) is 13.2 Å². The van der Waals surface area contributed by atoms with E-state index < -0.39 is 6.10 Å². The molecule has 1 atom stereocenters. The third kappa shape index (κ3) is 56.4. The quantitative estimate of drug-likeness (QED) is 0.0199. The van der Waals surface area contributed by atoms with E-state index >= 15 is 0 Å². The summed E-state index contributed by atoms with van der Waals surface area (Å²) in [5.74, 6) is -0.859. The second-order valence-corrected chi connectivity index (χ2v) is 20.6. The van der Waals surface area contributed by atoms with Crippen LogP contribution in [-0.4, -0.2) is 37.2 Å². The molecule has 1 unspecified atom stereocenters. The van der Waals surface area contributed by atoms with Crippen LogP contribution in [0.3, 0.4) is 0 Å². The highest BCUT2D eigenvalue weighted by molar-refractivity contribution is 5.71. The van der Waals surface area contributed by atoms with E-state index in [0.29, 0.717) is 19.3 Å². The molecule has 0 saturated carbocycles. The lowest BCUT2D eigenvalue weighted by molar-refractivity contribution is -0.167. The molecule has 0 saturated heterocycles. The Morgan fingerprint density at radius 2 is 0.522 bits per heavy atom. The molecule has 0 N–H and O–H groups in total. The molecule has 0 spiro atoms. The summed E-state index contributed by atoms with van der Waals surface area (Å²) in [7, 11) is 0. The predicted octanol–water partition coefficient (Wildman–Crippen LogP) is 20.4. The van der Waals surface area contributed by atoms with Crippen molar-refractivity contribution in [2.45, 2.75) is 335 Å². The average Bonchev–Trinajstić information content (AvgIpc) is 3.35. The summed E-state index contributed by atoms with van der Waals surface area (Å²) in [6.07, 6.45) is 69.9. The molecule has 0 heterocycles. The first kappa shape index (κ1) is 66.6. The van der Waals surface area contributed by atoms with Gasteiger partial charge in [-0.25, -0.2) is 0 Å². The number of ether oxygens (including phenoxy) is 3. The van der Waals surface area contributed by atoms with Gasteiger partial charge < -0.3 is 14.2 Å². The fourth-order valence-electron chi connectivity index (χ4n) is 9.02. The Morgan fingerprint density at radius 1 is 0.290 bits per heavy atom. The first-order chi connectivity index (χ1) is 34.0. The summed E-state index contributed by atoms with van der Waals surface area (Å²) < 4.78 is 16.9. The number of carbonyl (C=O) groups is 3. The number of carbonyl (C=O) groups excluding carboxylic acids is 3. The SMILES string of the molecule is CCCCC/C=C\C=C/CCCCCCCCCCCCC(=O)OCC(COC(=O)CCCCCCCCCCCCCCC)OC(=O)CCCCCCCCC/C=C\CCCCCCCCCC. The lowest BCUT2D eigenvalue weighted by atomic mass is 10.0. The molecule has 0 rings (SSSR count). The van der Waals surface area contributed by atoms with E-state index in [1.165, 1.54) is 231 Å². The van der Waals surface area contributed by atoms with E-state index in [1.807, 2.05) is 0 Å². The molecule has 0 amide bonds. The van der Waals surface area contributed by atoms with Gasteiger partial charge in [0.15, 0.2) is 6.10 Å². The van der Waals surface area contributed by atoms with E-state index in [9.17, 15) is 14.4 Å². The third-order valence-corrected chi connectivity index (χ3v) is 13.6. The molecule has 6 nitrogen and oxygen atoms in total. The average molecular weight is 970 g/mol. The van der Waals surface area contributed by atoms with Gasteiger partial charge in [0.05, 0.1) is 0 Å². The lowest BCUT2D eigenvalue weighted by Crippen LogP contribution is -2.30. The van der Waals surface area contributed by atoms with Gasteiger partial charge in [0, 0.05) is 19.3 Å². The summed E-state index contributed by atoms with van der Waals surface area (Å²) in [6, 6.07) is 0. The Balaban J connectivity index is 4.32. The highest BCUT2D eigenvalue weighted by atomic mass is 16.6. The minimum Gasteiger partial charge on any atom is -0.462 e. The van der Waals surface area contributed by atoms with Crippen molar-refractivity contribution in [1.29, 1.82) is 0 Å². The maximum absolute atomic E-state index is 12.9. The van der Waals surface area contributed by atoms with Crippen LogP contribution >= 0.6 is 0 Å². The van der Waals surface area contributed by atoms with Crippen LogP contribution in [0, 0.1) is 0 Å². The van der Waals surface area contributed by atoms with E-state index in [-0.39, 0.29) is 31.1 Å². The third-order valence-electron chi connectivity index (χ3n) is 13.6. The van der Waals surface area contributed by atoms with Gasteiger partial charge in [-0.1, -0.05) is 276 Å². The van der Waals surface area contributed by atoms with Crippen LogP contribution < -0.4 is 0 Å². The molecule has 69 heavy (non-hydrogen) atoms. The zero-order chi connectivity index (χ0) is 50.0. The normalized spacial score (nSPS) is 12.2. The Labute approximate surface area is 429 Å². The van der Waals surface area contributed by atoms with Gasteiger partial charge in [-0.2, -0.15) is 0 Å². The number of allylic oxidation sites excluding steroid dienone is 6. The van der Waals surface area contributed by atoms with Crippen molar-refractivity contribution in [3.8, 4) is 0 Å². The molecule has 0 aliphatic carbocycles. The first-order valence-corrected chi connectivity index (χ1v) is 30.5. The number of unbranched alkanes of at least 4 members (excludes halogenated alkanes) is 40. The van der Waals surface area contributed by atoms with Crippen molar-refractivity contribution >= 4 is 17.9 Å². The lowest BCUT2D eigenvalue weighted by Gasteiger charge is -2.18. The molecular formula is C63H116O6. The van der Waals surface area contributed by atoms with E-state index in [0.717, 1.165) is 57.8 Å². The molecule has 0 aromatic rings. The Kier molecular flexibility index (Phi) is 56.2. The van der Waals surface area contributed by atoms with Crippen LogP contribution in [0.1, 0.15) is 329 Å². The van der Waals surface area contributed by atoms with Crippen molar-refractivity contribution < 1.29 is 28.6 Å². The van der Waals surface area contributed by atoms with Gasteiger partial charge >= 0.3 is 17.9 Å². The Hall–Kier alpha value is -2.37. The molecular weight excluding hydrogens is 853 g/mol. The maximum Gasteiger partial charge on any atom is 0.306 e. The van der Waals surface area contributed by atoms with Gasteiger partial charge in [-0.15, -0.1) is 0 Å². The number of rotatable bonds is 56. The summed E-state index contributed by atoms with van der Waals surface area (Å²) in [5, 5.41) is 0. The highest BCUT2D eigenvalue weighted by Crippen LogP contribution is 2.17. The first-order valence-electron chi connectivity index (χ1n) is 30.5. The van der Waals surface area contributed by atoms with E-state index in [1.54, 1.807) is 0 Å². The zero-order valence-corrected chi connectivity index (χ0v) is 46.3.